The van der Waals surface area contributed by atoms with Crippen LogP contribution in [0.15, 0.2) is 18.2 Å². The summed E-state index contributed by atoms with van der Waals surface area (Å²) in [5, 5.41) is 13.5. The fraction of sp³-hybridized carbons (Fsp3) is 0.526. The van der Waals surface area contributed by atoms with Gasteiger partial charge in [0.15, 0.2) is 0 Å². The molecule has 0 aromatic heterocycles. The van der Waals surface area contributed by atoms with E-state index >= 15 is 0 Å². The van der Waals surface area contributed by atoms with Crippen LogP contribution in [0.3, 0.4) is 0 Å². The van der Waals surface area contributed by atoms with Gasteiger partial charge >= 0.3 is 0 Å². The molecule has 4 atom stereocenters. The molecular weight excluding hydrogens is 366 g/mol. The summed E-state index contributed by atoms with van der Waals surface area (Å²) in [6.07, 6.45) is 2.96. The molecule has 0 unspecified atom stereocenters. The van der Waals surface area contributed by atoms with Crippen LogP contribution in [0.25, 0.3) is 0 Å². The van der Waals surface area contributed by atoms with Gasteiger partial charge < -0.3 is 10.1 Å². The molecule has 2 aliphatic carbocycles. The highest BCUT2D eigenvalue weighted by molar-refractivity contribution is 6.06. The van der Waals surface area contributed by atoms with Gasteiger partial charge in [-0.2, -0.15) is 0 Å². The first-order valence-electron chi connectivity index (χ1n) is 9.38. The molecule has 3 aliphatic rings. The molecule has 9 heteroatoms. The molecule has 1 aliphatic heterocycles. The minimum absolute atomic E-state index is 0.0353. The molecule has 0 spiro atoms. The molecule has 4 rings (SSSR count). The molecule has 2 bridgehead atoms. The highest BCUT2D eigenvalue weighted by Crippen LogP contribution is 2.56. The number of carbonyl (C=O) groups is 3. The number of ether oxygens (including phenoxy) is 1. The number of hydrogen-bond acceptors (Lipinski definition) is 6. The lowest BCUT2D eigenvalue weighted by Gasteiger charge is -2.19. The summed E-state index contributed by atoms with van der Waals surface area (Å²) in [5.74, 6) is -0.252. The summed E-state index contributed by atoms with van der Waals surface area (Å²) in [5.41, 5.74) is 0.149. The summed E-state index contributed by atoms with van der Waals surface area (Å²) in [7, 11) is 1.35. The lowest BCUT2D eigenvalue weighted by atomic mass is 9.81. The zero-order chi connectivity index (χ0) is 20.0. The van der Waals surface area contributed by atoms with E-state index in [1.807, 2.05) is 0 Å². The summed E-state index contributed by atoms with van der Waals surface area (Å²) in [6.45, 7) is 0.0469. The van der Waals surface area contributed by atoms with Gasteiger partial charge in [0.25, 0.3) is 5.69 Å². The minimum Gasteiger partial charge on any atom is -0.494 e. The fourth-order valence-electron chi connectivity index (χ4n) is 5.01. The maximum Gasteiger partial charge on any atom is 0.273 e. The number of nitro groups is 1. The number of anilines is 1. The van der Waals surface area contributed by atoms with Crippen molar-refractivity contribution in [3.63, 3.8) is 0 Å². The number of nitrogens with one attached hydrogen (secondary N) is 1. The molecule has 1 aromatic rings. The van der Waals surface area contributed by atoms with Gasteiger partial charge in [0.2, 0.25) is 17.7 Å². The Morgan fingerprint density at radius 1 is 1.25 bits per heavy atom. The third-order valence-corrected chi connectivity index (χ3v) is 6.25. The summed E-state index contributed by atoms with van der Waals surface area (Å²) >= 11 is 0. The van der Waals surface area contributed by atoms with E-state index in [1.165, 1.54) is 30.2 Å². The van der Waals surface area contributed by atoms with Gasteiger partial charge in [0.1, 0.15) is 5.75 Å². The van der Waals surface area contributed by atoms with Crippen LogP contribution in [-0.4, -0.2) is 41.2 Å². The number of methoxy groups -OCH3 is 1. The maximum atomic E-state index is 12.6. The van der Waals surface area contributed by atoms with E-state index in [-0.39, 0.29) is 48.1 Å². The third kappa shape index (κ3) is 2.90. The van der Waals surface area contributed by atoms with Gasteiger partial charge in [-0.25, -0.2) is 0 Å². The van der Waals surface area contributed by atoms with Crippen LogP contribution in [0.5, 0.6) is 5.75 Å². The van der Waals surface area contributed by atoms with Crippen LogP contribution in [0.4, 0.5) is 11.4 Å². The number of rotatable bonds is 6. The van der Waals surface area contributed by atoms with E-state index in [1.54, 1.807) is 0 Å². The number of nitrogens with zero attached hydrogens (tertiary/aromatic N) is 2. The van der Waals surface area contributed by atoms with Crippen LogP contribution in [-0.2, 0) is 14.4 Å². The van der Waals surface area contributed by atoms with Crippen LogP contribution in [0.1, 0.15) is 25.7 Å². The third-order valence-electron chi connectivity index (χ3n) is 6.25. The van der Waals surface area contributed by atoms with Crippen molar-refractivity contribution in [2.24, 2.45) is 23.7 Å². The Balaban J connectivity index is 1.38. The van der Waals surface area contributed by atoms with Crippen LogP contribution in [0.2, 0.25) is 0 Å². The molecule has 1 saturated heterocycles. The Morgan fingerprint density at radius 3 is 2.46 bits per heavy atom. The lowest BCUT2D eigenvalue weighted by molar-refractivity contribution is -0.384. The van der Waals surface area contributed by atoms with E-state index < -0.39 is 10.8 Å². The highest BCUT2D eigenvalue weighted by atomic mass is 16.6. The molecule has 1 N–H and O–H groups in total. The minimum atomic E-state index is -0.553. The van der Waals surface area contributed by atoms with Crippen molar-refractivity contribution in [3.05, 3.63) is 28.3 Å². The van der Waals surface area contributed by atoms with Crippen molar-refractivity contribution in [1.29, 1.82) is 0 Å². The molecule has 9 nitrogen and oxygen atoms in total. The van der Waals surface area contributed by atoms with E-state index in [0.717, 1.165) is 19.3 Å². The normalized spacial score (nSPS) is 27.8. The van der Waals surface area contributed by atoms with Crippen molar-refractivity contribution < 1.29 is 24.0 Å². The van der Waals surface area contributed by atoms with Crippen LogP contribution in [0, 0.1) is 33.8 Å². The molecular formula is C19H21N3O6. The van der Waals surface area contributed by atoms with Gasteiger partial charge in [-0.1, -0.05) is 0 Å². The number of amides is 3. The average molecular weight is 387 g/mol. The van der Waals surface area contributed by atoms with Gasteiger partial charge in [-0.05, 0) is 37.2 Å². The second kappa shape index (κ2) is 6.88. The zero-order valence-electron chi connectivity index (χ0n) is 15.4. The molecule has 2 saturated carbocycles. The van der Waals surface area contributed by atoms with Gasteiger partial charge in [0, 0.05) is 19.0 Å². The monoisotopic (exact) mass is 387 g/mol. The van der Waals surface area contributed by atoms with E-state index in [0.29, 0.717) is 17.5 Å². The van der Waals surface area contributed by atoms with Gasteiger partial charge in [0.05, 0.1) is 35.6 Å². The second-order valence-electron chi connectivity index (χ2n) is 7.65. The number of imide groups is 1. The maximum absolute atomic E-state index is 12.6. The van der Waals surface area contributed by atoms with E-state index in [2.05, 4.69) is 5.32 Å². The summed E-state index contributed by atoms with van der Waals surface area (Å²) < 4.78 is 5.09. The molecule has 28 heavy (non-hydrogen) atoms. The van der Waals surface area contributed by atoms with Crippen molar-refractivity contribution in [2.45, 2.75) is 25.7 Å². The Hall–Kier alpha value is -2.97. The Bertz CT molecular complexity index is 841. The van der Waals surface area contributed by atoms with E-state index in [4.69, 9.17) is 4.74 Å². The number of benzene rings is 1. The first kappa shape index (κ1) is 18.4. The standard InChI is InChI=1S/C19H21N3O6/c1-28-14-9-12(22(26)27)4-5-13(14)20-15(23)6-7-21-18(24)16-10-2-3-11(8-10)17(16)19(21)25/h4-5,9-11,16-17H,2-3,6-8H2,1H3,(H,20,23)/t10-,11+,16-,17-/m0/s1. The highest BCUT2D eigenvalue weighted by Gasteiger charge is 2.60. The Labute approximate surface area is 161 Å². The van der Waals surface area contributed by atoms with Crippen molar-refractivity contribution >= 4 is 29.1 Å². The number of non-ortho nitro benzene ring substituents is 1. The smallest absolute Gasteiger partial charge is 0.273 e. The Morgan fingerprint density at radius 2 is 1.89 bits per heavy atom. The fourth-order valence-corrected chi connectivity index (χ4v) is 5.01. The first-order valence-corrected chi connectivity index (χ1v) is 9.38. The number of likely N-dealkylation sites (tertiary alicyclic amines) is 1. The quantitative estimate of drug-likeness (QED) is 0.453. The molecule has 3 amide bonds. The molecule has 148 valence electrons. The predicted molar refractivity (Wildman–Crippen MR) is 97.4 cm³/mol. The van der Waals surface area contributed by atoms with Crippen molar-refractivity contribution in [3.8, 4) is 5.75 Å². The van der Waals surface area contributed by atoms with E-state index in [9.17, 15) is 24.5 Å². The van der Waals surface area contributed by atoms with Crippen molar-refractivity contribution in [2.75, 3.05) is 19.0 Å². The number of carbonyl (C=O) groups excluding carboxylic acids is 3. The SMILES string of the molecule is COc1cc([N+](=O)[O-])ccc1NC(=O)CCN1C(=O)[C@H]2[C@@H]3CC[C@@H](C3)[C@@H]2C1=O. The summed E-state index contributed by atoms with van der Waals surface area (Å²) in [6, 6.07) is 3.88. The summed E-state index contributed by atoms with van der Waals surface area (Å²) in [4.78, 5) is 49.1. The largest absolute Gasteiger partial charge is 0.494 e. The molecule has 1 aromatic carbocycles. The number of hydrogen-bond donors (Lipinski definition) is 1. The van der Waals surface area contributed by atoms with Gasteiger partial charge in [-0.15, -0.1) is 0 Å². The number of fused-ring (bicyclic) bond motifs is 5. The lowest BCUT2D eigenvalue weighted by Crippen LogP contribution is -2.35. The molecule has 3 fully saturated rings. The predicted octanol–water partition coefficient (Wildman–Crippen LogP) is 1.96. The van der Waals surface area contributed by atoms with Gasteiger partial charge in [-0.3, -0.25) is 29.4 Å². The first-order chi connectivity index (χ1) is 13.4. The second-order valence-corrected chi connectivity index (χ2v) is 7.65. The number of nitro benzene ring substituents is 1. The zero-order valence-corrected chi connectivity index (χ0v) is 15.4. The Kier molecular flexibility index (Phi) is 4.52. The van der Waals surface area contributed by atoms with Crippen LogP contribution >= 0.6 is 0 Å². The molecule has 1 heterocycles. The molecule has 0 radical (unpaired) electrons. The van der Waals surface area contributed by atoms with Crippen molar-refractivity contribution in [1.82, 2.24) is 4.90 Å². The topological polar surface area (TPSA) is 119 Å². The van der Waals surface area contributed by atoms with Crippen LogP contribution < -0.4 is 10.1 Å². The average Bonchev–Trinajstić information content (AvgIpc) is 3.35.